The number of hydrogen-bond acceptors (Lipinski definition) is 3. The molecule has 436 valence electrons. The van der Waals surface area contributed by atoms with Crippen molar-refractivity contribution in [2.75, 3.05) is 23.5 Å². The highest BCUT2D eigenvalue weighted by molar-refractivity contribution is 6.12. The van der Waals surface area contributed by atoms with Gasteiger partial charge in [-0.25, -0.2) is 9.13 Å². The number of nitrogens with zero attached hydrogens (tertiary/aromatic N) is 8. The SMILES string of the molecule is CN1C=CN(c2ccc(-n3c4ccc(-c5ccc(N(c6ccc(-c7ccccc7)cc6)c6ccc7c(c6)C(C)(C)c6cc(-c8n(-c9ccccc9)c9ccccc9[n+]8C)ccc6-7)cc5)cc4c4cc(-c5n(-c6ccccc6)c6ccccc6[n+]5C)ccc43)cc2)C1. The fraction of sp³-hybridized carbons (Fsp3) is 0.0843. The molecule has 0 spiro atoms. The summed E-state index contributed by atoms with van der Waals surface area (Å²) < 4.78 is 11.9. The van der Waals surface area contributed by atoms with Gasteiger partial charge in [0.2, 0.25) is 0 Å². The molecule has 0 saturated heterocycles. The van der Waals surface area contributed by atoms with Gasteiger partial charge in [0.1, 0.15) is 11.4 Å². The summed E-state index contributed by atoms with van der Waals surface area (Å²) in [5.41, 5.74) is 26.7. The number of aryl methyl sites for hydroxylation is 2. The normalized spacial score (nSPS) is 13.3. The van der Waals surface area contributed by atoms with Gasteiger partial charge in [-0.1, -0.05) is 147 Å². The maximum absolute atomic E-state index is 2.45. The second-order valence-corrected chi connectivity index (χ2v) is 25.0. The van der Waals surface area contributed by atoms with E-state index in [0.717, 1.165) is 91.4 Å². The molecule has 0 atom stereocenters. The topological polar surface area (TPSA) is 32.3 Å². The molecule has 0 radical (unpaired) electrons. The fourth-order valence-electron chi connectivity index (χ4n) is 14.7. The zero-order chi connectivity index (χ0) is 61.1. The Kier molecular flexibility index (Phi) is 12.5. The zero-order valence-corrected chi connectivity index (χ0v) is 51.6. The lowest BCUT2D eigenvalue weighted by Gasteiger charge is -2.28. The predicted molar refractivity (Wildman–Crippen MR) is 375 cm³/mol. The molecular weight excluding hydrogens is 1110 g/mol. The number of hydrogen-bond donors (Lipinski definition) is 0. The van der Waals surface area contributed by atoms with Crippen molar-refractivity contribution >= 4 is 66.6 Å². The van der Waals surface area contributed by atoms with E-state index in [0.29, 0.717) is 0 Å². The van der Waals surface area contributed by atoms with Gasteiger partial charge < -0.3 is 19.3 Å². The van der Waals surface area contributed by atoms with E-state index in [1.165, 1.54) is 66.3 Å². The Labute approximate surface area is 530 Å². The van der Waals surface area contributed by atoms with Crippen LogP contribution in [0.5, 0.6) is 0 Å². The van der Waals surface area contributed by atoms with Crippen LogP contribution in [0.1, 0.15) is 25.0 Å². The van der Waals surface area contributed by atoms with Gasteiger partial charge in [0.25, 0.3) is 11.6 Å². The first-order valence-corrected chi connectivity index (χ1v) is 31.4. The molecular formula is C83H66N8+2. The van der Waals surface area contributed by atoms with Crippen LogP contribution in [0.15, 0.2) is 298 Å². The summed E-state index contributed by atoms with van der Waals surface area (Å²) in [7, 11) is 6.49. The summed E-state index contributed by atoms with van der Waals surface area (Å²) >= 11 is 0. The molecule has 0 saturated carbocycles. The van der Waals surface area contributed by atoms with E-state index in [9.17, 15) is 0 Å². The lowest BCUT2D eigenvalue weighted by molar-refractivity contribution is -0.633. The molecule has 1 aliphatic heterocycles. The monoisotopic (exact) mass is 1170 g/mol. The van der Waals surface area contributed by atoms with Gasteiger partial charge in [0.05, 0.1) is 42.9 Å². The molecule has 3 aromatic heterocycles. The fourth-order valence-corrected chi connectivity index (χ4v) is 14.7. The van der Waals surface area contributed by atoms with E-state index in [4.69, 9.17) is 0 Å². The number of para-hydroxylation sites is 6. The van der Waals surface area contributed by atoms with Gasteiger partial charge >= 0.3 is 0 Å². The van der Waals surface area contributed by atoms with Crippen LogP contribution in [0, 0.1) is 0 Å². The highest BCUT2D eigenvalue weighted by atomic mass is 15.3. The van der Waals surface area contributed by atoms with Crippen molar-refractivity contribution in [2.24, 2.45) is 14.1 Å². The summed E-state index contributed by atoms with van der Waals surface area (Å²) in [4.78, 5) is 6.90. The Hall–Kier alpha value is -11.5. The number of rotatable bonds is 11. The van der Waals surface area contributed by atoms with Gasteiger partial charge in [0, 0.05) is 64.1 Å². The zero-order valence-electron chi connectivity index (χ0n) is 51.6. The van der Waals surface area contributed by atoms with Crippen molar-refractivity contribution in [3.05, 3.63) is 309 Å². The molecule has 15 aromatic rings. The Morgan fingerprint density at radius 2 is 0.758 bits per heavy atom. The van der Waals surface area contributed by atoms with Gasteiger partial charge in [-0.05, 0) is 196 Å². The molecule has 8 heteroatoms. The number of imidazole rings is 2. The summed E-state index contributed by atoms with van der Waals surface area (Å²) in [6.45, 7) is 5.62. The van der Waals surface area contributed by atoms with E-state index < -0.39 is 0 Å². The van der Waals surface area contributed by atoms with Crippen LogP contribution in [0.25, 0.3) is 117 Å². The Morgan fingerprint density at radius 1 is 0.341 bits per heavy atom. The first kappa shape index (κ1) is 53.7. The molecule has 4 heterocycles. The predicted octanol–water partition coefficient (Wildman–Crippen LogP) is 18.9. The first-order valence-electron chi connectivity index (χ1n) is 31.4. The quantitative estimate of drug-likeness (QED) is 0.121. The van der Waals surface area contributed by atoms with Crippen molar-refractivity contribution in [1.29, 1.82) is 0 Å². The van der Waals surface area contributed by atoms with Gasteiger partial charge in [-0.2, -0.15) is 9.13 Å². The highest BCUT2D eigenvalue weighted by Crippen LogP contribution is 2.52. The van der Waals surface area contributed by atoms with Crippen LogP contribution in [0.2, 0.25) is 0 Å². The number of aromatic nitrogens is 5. The second kappa shape index (κ2) is 21.1. The molecule has 0 fully saturated rings. The van der Waals surface area contributed by atoms with Crippen LogP contribution in [-0.2, 0) is 19.5 Å². The molecule has 0 bridgehead atoms. The minimum absolute atomic E-state index is 0.294. The third-order valence-electron chi connectivity index (χ3n) is 19.3. The van der Waals surface area contributed by atoms with Crippen LogP contribution in [-0.4, -0.2) is 32.3 Å². The van der Waals surface area contributed by atoms with Crippen LogP contribution in [0.4, 0.5) is 22.7 Å². The second-order valence-electron chi connectivity index (χ2n) is 25.0. The molecule has 17 rings (SSSR count). The minimum Gasteiger partial charge on any atom is -0.361 e. The molecule has 91 heavy (non-hydrogen) atoms. The average molecular weight is 1180 g/mol. The molecule has 0 N–H and O–H groups in total. The van der Waals surface area contributed by atoms with Gasteiger partial charge in [-0.15, -0.1) is 0 Å². The standard InChI is InChI=1S/C83H66N8/c1-83(2)73-53-61(82-86(5)78-26-16-18-28-80(78)91(82)64-23-13-8-14-24-64)33-45-69(73)70-46-44-68(54-74(70)83)88(65-36-29-57(30-37-65)56-19-9-6-10-20-56)66-38-31-58(32-39-66)59-34-47-75-71(51-59)72-52-60(81-85(4)77-25-15-17-27-79(77)90(81)63-21-11-7-12-22-63)35-48-76(72)89(75)67-42-40-62(41-43-67)87-50-49-84(3)55-87/h6-54H,55H2,1-5H3/q+2. The first-order chi connectivity index (χ1) is 44.6. The molecule has 2 aliphatic rings. The van der Waals surface area contributed by atoms with E-state index in [2.05, 4.69) is 370 Å². The Morgan fingerprint density at radius 3 is 1.32 bits per heavy atom. The van der Waals surface area contributed by atoms with Crippen LogP contribution in [0.3, 0.4) is 0 Å². The number of fused-ring (bicyclic) bond motifs is 8. The minimum atomic E-state index is -0.294. The van der Waals surface area contributed by atoms with Crippen LogP contribution >= 0.6 is 0 Å². The summed E-state index contributed by atoms with van der Waals surface area (Å²) in [5, 5.41) is 2.38. The van der Waals surface area contributed by atoms with E-state index in [-0.39, 0.29) is 5.41 Å². The highest BCUT2D eigenvalue weighted by Gasteiger charge is 2.38. The number of benzene rings is 12. The molecule has 0 amide bonds. The average Bonchev–Trinajstić information content (AvgIpc) is 1.59. The molecule has 0 unspecified atom stereocenters. The lowest BCUT2D eigenvalue weighted by Crippen LogP contribution is -2.30. The third kappa shape index (κ3) is 8.73. The van der Waals surface area contributed by atoms with Crippen LogP contribution < -0.4 is 18.9 Å². The summed E-state index contributed by atoms with van der Waals surface area (Å²) in [6, 6.07) is 105. The molecule has 1 aliphatic carbocycles. The van der Waals surface area contributed by atoms with E-state index >= 15 is 0 Å². The summed E-state index contributed by atoms with van der Waals surface area (Å²) in [5.74, 6) is 2.27. The van der Waals surface area contributed by atoms with Crippen molar-refractivity contribution in [2.45, 2.75) is 19.3 Å². The maximum Gasteiger partial charge on any atom is 0.294 e. The molecule has 8 nitrogen and oxygen atoms in total. The van der Waals surface area contributed by atoms with Crippen molar-refractivity contribution in [3.63, 3.8) is 0 Å². The van der Waals surface area contributed by atoms with E-state index in [1.54, 1.807) is 0 Å². The van der Waals surface area contributed by atoms with Crippen molar-refractivity contribution in [3.8, 4) is 73.2 Å². The number of anilines is 4. The summed E-state index contributed by atoms with van der Waals surface area (Å²) in [6.07, 6.45) is 4.27. The van der Waals surface area contributed by atoms with Crippen molar-refractivity contribution < 1.29 is 9.13 Å². The third-order valence-corrected chi connectivity index (χ3v) is 19.3. The Balaban J connectivity index is 0.774. The Bertz CT molecular complexity index is 5360. The van der Waals surface area contributed by atoms with Crippen molar-refractivity contribution in [1.82, 2.24) is 18.6 Å². The maximum atomic E-state index is 2.45. The van der Waals surface area contributed by atoms with E-state index in [1.807, 2.05) is 0 Å². The van der Waals surface area contributed by atoms with Gasteiger partial charge in [-0.3, -0.25) is 0 Å². The molecule has 12 aromatic carbocycles. The van der Waals surface area contributed by atoms with Gasteiger partial charge in [0.15, 0.2) is 22.1 Å². The largest absolute Gasteiger partial charge is 0.361 e. The lowest BCUT2D eigenvalue weighted by atomic mass is 9.81. The smallest absolute Gasteiger partial charge is 0.294 e.